The van der Waals surface area contributed by atoms with Crippen LogP contribution in [0.15, 0.2) is 54.6 Å². The van der Waals surface area contributed by atoms with Crippen LogP contribution in [0, 0.1) is 0 Å². The van der Waals surface area contributed by atoms with Gasteiger partial charge in [0, 0.05) is 18.5 Å². The maximum Gasteiger partial charge on any atom is 0.412 e. The number of anilines is 1. The van der Waals surface area contributed by atoms with E-state index in [1.165, 1.54) is 0 Å². The molecule has 0 saturated carbocycles. The molecule has 0 radical (unpaired) electrons. The highest BCUT2D eigenvalue weighted by Crippen LogP contribution is 2.43. The van der Waals surface area contributed by atoms with Gasteiger partial charge in [-0.05, 0) is 85.1 Å². The van der Waals surface area contributed by atoms with Crippen LogP contribution in [0.4, 0.5) is 15.3 Å². The van der Waals surface area contributed by atoms with E-state index in [1.54, 1.807) is 37.8 Å². The van der Waals surface area contributed by atoms with Crippen molar-refractivity contribution >= 4 is 23.7 Å². The predicted molar refractivity (Wildman–Crippen MR) is 150 cm³/mol. The third-order valence-electron chi connectivity index (χ3n) is 6.11. The van der Waals surface area contributed by atoms with E-state index in [4.69, 9.17) is 14.2 Å². The van der Waals surface area contributed by atoms with E-state index >= 15 is 0 Å². The summed E-state index contributed by atoms with van der Waals surface area (Å²) in [6.45, 7) is 14.6. The van der Waals surface area contributed by atoms with Gasteiger partial charge in [-0.15, -0.1) is 0 Å². The molecule has 2 aromatic carbocycles. The van der Waals surface area contributed by atoms with Crippen LogP contribution in [0.5, 0.6) is 0 Å². The molecule has 1 aliphatic rings. The molecule has 39 heavy (non-hydrogen) atoms. The minimum absolute atomic E-state index is 0.0449. The Morgan fingerprint density at radius 3 is 2.05 bits per heavy atom. The van der Waals surface area contributed by atoms with Crippen molar-refractivity contribution in [3.05, 3.63) is 65.7 Å². The van der Waals surface area contributed by atoms with Crippen LogP contribution < -0.4 is 5.32 Å². The van der Waals surface area contributed by atoms with Crippen LogP contribution in [0.2, 0.25) is 0 Å². The first-order valence-corrected chi connectivity index (χ1v) is 13.4. The van der Waals surface area contributed by atoms with E-state index in [2.05, 4.69) is 5.32 Å². The van der Waals surface area contributed by atoms with Crippen molar-refractivity contribution in [2.24, 2.45) is 0 Å². The van der Waals surface area contributed by atoms with E-state index in [-0.39, 0.29) is 30.8 Å². The molecule has 1 saturated heterocycles. The molecule has 1 N–H and O–H groups in total. The molecule has 1 fully saturated rings. The average molecular weight is 539 g/mol. The summed E-state index contributed by atoms with van der Waals surface area (Å²) in [5.74, 6) is 0.0449. The van der Waals surface area contributed by atoms with Gasteiger partial charge in [-0.2, -0.15) is 0 Å². The minimum Gasteiger partial charge on any atom is -0.444 e. The lowest BCUT2D eigenvalue weighted by atomic mass is 9.95. The lowest BCUT2D eigenvalue weighted by Gasteiger charge is -2.35. The molecular formula is C31H42N2O6. The lowest BCUT2D eigenvalue weighted by Crippen LogP contribution is -2.50. The first-order valence-electron chi connectivity index (χ1n) is 13.4. The molecule has 2 atom stereocenters. The summed E-state index contributed by atoms with van der Waals surface area (Å²) < 4.78 is 17.4. The van der Waals surface area contributed by atoms with Crippen LogP contribution in [0.1, 0.15) is 85.5 Å². The number of nitrogens with zero attached hydrogens (tertiary/aromatic N) is 1. The summed E-state index contributed by atoms with van der Waals surface area (Å²) in [4.78, 5) is 39.9. The van der Waals surface area contributed by atoms with Crippen molar-refractivity contribution < 1.29 is 28.6 Å². The molecule has 1 aliphatic heterocycles. The summed E-state index contributed by atoms with van der Waals surface area (Å²) in [6, 6.07) is 16.5. The number of carbonyl (C=O) groups excluding carboxylic acids is 3. The molecule has 2 unspecified atom stereocenters. The second-order valence-electron chi connectivity index (χ2n) is 12.4. The molecule has 0 bridgehead atoms. The lowest BCUT2D eigenvalue weighted by molar-refractivity contribution is -0.118. The Labute approximate surface area is 232 Å². The molecule has 1 heterocycles. The number of hydrogen-bond acceptors (Lipinski definition) is 6. The number of ether oxygens (including phenoxy) is 3. The largest absolute Gasteiger partial charge is 0.444 e. The number of nitrogens with one attached hydrogen (secondary N) is 1. The Morgan fingerprint density at radius 1 is 0.897 bits per heavy atom. The highest BCUT2D eigenvalue weighted by Gasteiger charge is 2.51. The van der Waals surface area contributed by atoms with Gasteiger partial charge in [0.1, 0.15) is 28.8 Å². The Hall–Kier alpha value is -3.39. The van der Waals surface area contributed by atoms with Gasteiger partial charge >= 0.3 is 12.2 Å². The normalized spacial score (nSPS) is 18.9. The van der Waals surface area contributed by atoms with E-state index in [0.29, 0.717) is 12.1 Å². The Bertz CT molecular complexity index is 1150. The van der Waals surface area contributed by atoms with Gasteiger partial charge in [-0.25, -0.2) is 9.59 Å². The van der Waals surface area contributed by atoms with Gasteiger partial charge in [0.15, 0.2) is 0 Å². The number of Topliss-reactive ketones (excluding diaryl/α,β-unsaturated/α-hetero) is 1. The summed E-state index contributed by atoms with van der Waals surface area (Å²) in [5.41, 5.74) is 0.207. The topological polar surface area (TPSA) is 94.2 Å². The van der Waals surface area contributed by atoms with Crippen molar-refractivity contribution in [2.75, 3.05) is 5.32 Å². The highest BCUT2D eigenvalue weighted by atomic mass is 16.6. The van der Waals surface area contributed by atoms with E-state index in [1.807, 2.05) is 77.1 Å². The molecular weight excluding hydrogens is 496 g/mol. The van der Waals surface area contributed by atoms with E-state index in [9.17, 15) is 14.4 Å². The maximum atomic E-state index is 13.3. The van der Waals surface area contributed by atoms with Crippen LogP contribution >= 0.6 is 0 Å². The Kier molecular flexibility index (Phi) is 9.11. The summed E-state index contributed by atoms with van der Waals surface area (Å²) in [6.07, 6.45) is -0.442. The number of rotatable bonds is 7. The zero-order valence-electron chi connectivity index (χ0n) is 24.4. The number of ketones is 1. The zero-order valence-corrected chi connectivity index (χ0v) is 24.4. The predicted octanol–water partition coefficient (Wildman–Crippen LogP) is 7.04. The summed E-state index contributed by atoms with van der Waals surface area (Å²) in [5, 5.41) is 2.69. The summed E-state index contributed by atoms with van der Waals surface area (Å²) >= 11 is 0. The second kappa shape index (κ2) is 11.8. The molecule has 8 heteroatoms. The van der Waals surface area contributed by atoms with Gasteiger partial charge in [0.2, 0.25) is 0 Å². The maximum absolute atomic E-state index is 13.3. The van der Waals surface area contributed by atoms with Crippen LogP contribution in [-0.2, 0) is 25.4 Å². The number of amides is 2. The van der Waals surface area contributed by atoms with Gasteiger partial charge in [-0.1, -0.05) is 42.5 Å². The molecule has 8 nitrogen and oxygen atoms in total. The molecule has 2 amide bonds. The van der Waals surface area contributed by atoms with Gasteiger partial charge in [0.05, 0.1) is 6.04 Å². The average Bonchev–Trinajstić information content (AvgIpc) is 3.07. The highest BCUT2D eigenvalue weighted by molar-refractivity contribution is 5.85. The standard InChI is InChI=1S/C31H42N2O6/c1-29(2,3)38-27(35)32-23-16-14-21(15-17-23)20-24(34)18-19-25-26(22-12-10-9-11-13-22)37-31(7,8)33(25)28(36)39-30(4,5)6/h9-17,25-26H,18-20H2,1-8H3,(H,32,35). The van der Waals surface area contributed by atoms with Crippen LogP contribution in [-0.4, -0.2) is 45.8 Å². The fourth-order valence-corrected chi connectivity index (χ4v) is 4.61. The quantitative estimate of drug-likeness (QED) is 0.406. The third kappa shape index (κ3) is 8.82. The Balaban J connectivity index is 1.69. The van der Waals surface area contributed by atoms with Crippen molar-refractivity contribution in [1.82, 2.24) is 4.90 Å². The molecule has 0 aliphatic carbocycles. The fraction of sp³-hybridized carbons (Fsp3) is 0.516. The van der Waals surface area contributed by atoms with Crippen molar-refractivity contribution in [2.45, 2.75) is 104 Å². The van der Waals surface area contributed by atoms with E-state index < -0.39 is 29.1 Å². The third-order valence-corrected chi connectivity index (χ3v) is 6.11. The van der Waals surface area contributed by atoms with Crippen molar-refractivity contribution in [3.63, 3.8) is 0 Å². The molecule has 0 aromatic heterocycles. The smallest absolute Gasteiger partial charge is 0.412 e. The fourth-order valence-electron chi connectivity index (χ4n) is 4.61. The molecule has 0 spiro atoms. The minimum atomic E-state index is -0.909. The number of benzene rings is 2. The van der Waals surface area contributed by atoms with Crippen LogP contribution in [0.3, 0.4) is 0 Å². The zero-order chi connectivity index (χ0) is 29.0. The molecule has 3 rings (SSSR count). The monoisotopic (exact) mass is 538 g/mol. The SMILES string of the molecule is CC(C)(C)OC(=O)Nc1ccc(CC(=O)CCC2C(c3ccccc3)OC(C)(C)N2C(=O)OC(C)(C)C)cc1. The molecule has 2 aromatic rings. The molecule has 212 valence electrons. The first kappa shape index (κ1) is 30.2. The first-order chi connectivity index (χ1) is 18.0. The Morgan fingerprint density at radius 2 is 1.49 bits per heavy atom. The van der Waals surface area contributed by atoms with Gasteiger partial charge < -0.3 is 14.2 Å². The van der Waals surface area contributed by atoms with Gasteiger partial charge in [0.25, 0.3) is 0 Å². The van der Waals surface area contributed by atoms with Crippen molar-refractivity contribution in [3.8, 4) is 0 Å². The van der Waals surface area contributed by atoms with Gasteiger partial charge in [-0.3, -0.25) is 15.0 Å². The van der Waals surface area contributed by atoms with Crippen molar-refractivity contribution in [1.29, 1.82) is 0 Å². The van der Waals surface area contributed by atoms with E-state index in [0.717, 1.165) is 11.1 Å². The second-order valence-corrected chi connectivity index (χ2v) is 12.4. The van der Waals surface area contributed by atoms with Crippen LogP contribution in [0.25, 0.3) is 0 Å². The number of carbonyl (C=O) groups is 3. The number of hydrogen-bond donors (Lipinski definition) is 1. The summed E-state index contributed by atoms with van der Waals surface area (Å²) in [7, 11) is 0.